The third-order valence-electron chi connectivity index (χ3n) is 4.37. The highest BCUT2D eigenvalue weighted by Crippen LogP contribution is 2.34. The van der Waals surface area contributed by atoms with Crippen molar-refractivity contribution in [2.24, 2.45) is 12.8 Å². The van der Waals surface area contributed by atoms with Crippen molar-refractivity contribution < 1.29 is 14.3 Å². The number of pyridine rings is 1. The van der Waals surface area contributed by atoms with Crippen molar-refractivity contribution >= 4 is 33.5 Å². The maximum absolute atomic E-state index is 11.7. The number of hydrogen-bond donors (Lipinski definition) is 2. The van der Waals surface area contributed by atoms with E-state index in [-0.39, 0.29) is 5.56 Å². The molecule has 0 radical (unpaired) electrons. The van der Waals surface area contributed by atoms with Crippen LogP contribution in [0.5, 0.6) is 17.2 Å². The van der Waals surface area contributed by atoms with Crippen LogP contribution < -0.4 is 20.9 Å². The first-order chi connectivity index (χ1) is 13.0. The van der Waals surface area contributed by atoms with Gasteiger partial charge in [0.25, 0.3) is 5.91 Å². The minimum absolute atomic E-state index is 0.262. The summed E-state index contributed by atoms with van der Waals surface area (Å²) in [6, 6.07) is 10.5. The molecule has 1 amide bonds. The topological polar surface area (TPSA) is 118 Å². The average Bonchev–Trinajstić information content (AvgIpc) is 2.94. The molecule has 0 aliphatic heterocycles. The first-order valence-corrected chi connectivity index (χ1v) is 8.14. The van der Waals surface area contributed by atoms with Crippen LogP contribution in [-0.4, -0.2) is 27.8 Å². The summed E-state index contributed by atoms with van der Waals surface area (Å²) in [7, 11) is 3.29. The number of aromatic nitrogens is 3. The number of nitrogens with zero attached hydrogens (tertiary/aromatic N) is 3. The lowest BCUT2D eigenvalue weighted by Gasteiger charge is -2.12. The van der Waals surface area contributed by atoms with Crippen LogP contribution in [-0.2, 0) is 7.05 Å². The number of aryl methyl sites for hydroxylation is 1. The van der Waals surface area contributed by atoms with Gasteiger partial charge in [-0.25, -0.2) is 0 Å². The van der Waals surface area contributed by atoms with Crippen LogP contribution in [0.15, 0.2) is 42.6 Å². The van der Waals surface area contributed by atoms with E-state index in [0.29, 0.717) is 34.0 Å². The molecule has 0 spiro atoms. The Bertz CT molecular complexity index is 1200. The monoisotopic (exact) mass is 363 g/mol. The molecule has 0 atom stereocenters. The van der Waals surface area contributed by atoms with E-state index in [1.54, 1.807) is 29.1 Å². The van der Waals surface area contributed by atoms with Gasteiger partial charge in [0.05, 0.1) is 23.7 Å². The van der Waals surface area contributed by atoms with Crippen LogP contribution in [0.1, 0.15) is 10.4 Å². The van der Waals surface area contributed by atoms with Crippen LogP contribution in [0.3, 0.4) is 0 Å². The largest absolute Gasteiger partial charge is 0.496 e. The van der Waals surface area contributed by atoms with Gasteiger partial charge < -0.3 is 20.9 Å². The zero-order chi connectivity index (χ0) is 19.1. The van der Waals surface area contributed by atoms with Gasteiger partial charge in [0.2, 0.25) is 0 Å². The van der Waals surface area contributed by atoms with E-state index in [9.17, 15) is 4.79 Å². The number of methoxy groups -OCH3 is 1. The summed E-state index contributed by atoms with van der Waals surface area (Å²) in [5.41, 5.74) is 13.1. The highest BCUT2D eigenvalue weighted by molar-refractivity contribution is 6.01. The molecule has 2 aromatic heterocycles. The van der Waals surface area contributed by atoms with Gasteiger partial charge in [-0.15, -0.1) is 0 Å². The molecule has 2 heterocycles. The third-order valence-corrected chi connectivity index (χ3v) is 4.37. The number of primary amides is 1. The molecule has 136 valence electrons. The summed E-state index contributed by atoms with van der Waals surface area (Å²) in [5, 5.41) is 5.70. The van der Waals surface area contributed by atoms with Gasteiger partial charge in [0, 0.05) is 36.1 Å². The van der Waals surface area contributed by atoms with E-state index < -0.39 is 5.91 Å². The molecular weight excluding hydrogens is 346 g/mol. The second-order valence-electron chi connectivity index (χ2n) is 6.03. The van der Waals surface area contributed by atoms with Gasteiger partial charge >= 0.3 is 0 Å². The molecule has 4 aromatic rings. The number of nitrogen functional groups attached to an aromatic ring is 1. The minimum Gasteiger partial charge on any atom is -0.496 e. The van der Waals surface area contributed by atoms with Gasteiger partial charge in [0.1, 0.15) is 17.2 Å². The smallest absolute Gasteiger partial charge is 0.252 e. The van der Waals surface area contributed by atoms with Crippen LogP contribution in [0.25, 0.3) is 21.8 Å². The normalized spacial score (nSPS) is 11.0. The Balaban J connectivity index is 1.83. The first kappa shape index (κ1) is 16.6. The molecule has 8 nitrogen and oxygen atoms in total. The molecule has 0 bridgehead atoms. The van der Waals surface area contributed by atoms with Crippen molar-refractivity contribution in [1.29, 1.82) is 0 Å². The molecule has 2 aromatic carbocycles. The van der Waals surface area contributed by atoms with Gasteiger partial charge in [-0.3, -0.25) is 14.5 Å². The van der Waals surface area contributed by atoms with Gasteiger partial charge in [-0.1, -0.05) is 0 Å². The van der Waals surface area contributed by atoms with E-state index in [0.717, 1.165) is 10.9 Å². The highest BCUT2D eigenvalue weighted by atomic mass is 16.5. The summed E-state index contributed by atoms with van der Waals surface area (Å²) in [5.74, 6) is 1.39. The number of anilines is 1. The fourth-order valence-electron chi connectivity index (χ4n) is 3.05. The molecule has 0 saturated heterocycles. The Morgan fingerprint density at radius 3 is 2.67 bits per heavy atom. The molecule has 27 heavy (non-hydrogen) atoms. The van der Waals surface area contributed by atoms with Crippen molar-refractivity contribution in [2.45, 2.75) is 0 Å². The van der Waals surface area contributed by atoms with Crippen molar-refractivity contribution in [3.05, 3.63) is 48.2 Å². The zero-order valence-electron chi connectivity index (χ0n) is 14.8. The maximum Gasteiger partial charge on any atom is 0.252 e. The lowest BCUT2D eigenvalue weighted by atomic mass is 10.1. The number of nitrogens with two attached hydrogens (primary N) is 2. The number of rotatable bonds is 4. The Hall–Kier alpha value is -3.81. The number of carbonyl (C=O) groups is 1. The zero-order valence-corrected chi connectivity index (χ0v) is 14.8. The molecule has 8 heteroatoms. The Morgan fingerprint density at radius 2 is 1.93 bits per heavy atom. The fourth-order valence-corrected chi connectivity index (χ4v) is 3.05. The molecule has 0 aliphatic rings. The number of amides is 1. The molecule has 0 fully saturated rings. The third kappa shape index (κ3) is 2.77. The van der Waals surface area contributed by atoms with Gasteiger partial charge in [0.15, 0.2) is 5.82 Å². The maximum atomic E-state index is 11.7. The molecule has 0 saturated carbocycles. The predicted molar refractivity (Wildman–Crippen MR) is 102 cm³/mol. The van der Waals surface area contributed by atoms with E-state index in [2.05, 4.69) is 10.1 Å². The molecule has 0 unspecified atom stereocenters. The summed E-state index contributed by atoms with van der Waals surface area (Å²) >= 11 is 0. The van der Waals surface area contributed by atoms with E-state index in [1.165, 1.54) is 7.11 Å². The lowest BCUT2D eigenvalue weighted by Crippen LogP contribution is -2.12. The summed E-state index contributed by atoms with van der Waals surface area (Å²) in [6.45, 7) is 0. The van der Waals surface area contributed by atoms with Crippen molar-refractivity contribution in [1.82, 2.24) is 14.8 Å². The summed E-state index contributed by atoms with van der Waals surface area (Å²) < 4.78 is 13.0. The predicted octanol–water partition coefficient (Wildman–Crippen LogP) is 2.60. The quantitative estimate of drug-likeness (QED) is 0.575. The van der Waals surface area contributed by atoms with E-state index >= 15 is 0 Å². The fraction of sp³-hybridized carbons (Fsp3) is 0.105. The summed E-state index contributed by atoms with van der Waals surface area (Å²) in [6.07, 6.45) is 1.63. The number of ether oxygens (including phenoxy) is 2. The van der Waals surface area contributed by atoms with Crippen molar-refractivity contribution in [3.63, 3.8) is 0 Å². The lowest BCUT2D eigenvalue weighted by molar-refractivity contribution is 0.0997. The van der Waals surface area contributed by atoms with Crippen molar-refractivity contribution in [2.75, 3.05) is 12.8 Å². The molecule has 4 N–H and O–H groups in total. The molecular formula is C19H17N5O3. The standard InChI is InChI=1S/C19H17N5O3/c1-24-15-7-10(3-4-11(15)18(20)23-24)27-16-5-6-22-14-9-17(26-2)13(19(21)25)8-12(14)16/h3-9H,1-2H3,(H2,20,23)(H2,21,25). The average molecular weight is 363 g/mol. The Morgan fingerprint density at radius 1 is 1.11 bits per heavy atom. The number of benzene rings is 2. The van der Waals surface area contributed by atoms with Crippen LogP contribution in [0.2, 0.25) is 0 Å². The van der Waals surface area contributed by atoms with E-state index in [1.807, 2.05) is 25.2 Å². The molecule has 4 rings (SSSR count). The number of hydrogen-bond acceptors (Lipinski definition) is 6. The van der Waals surface area contributed by atoms with Crippen molar-refractivity contribution in [3.8, 4) is 17.2 Å². The highest BCUT2D eigenvalue weighted by Gasteiger charge is 2.15. The van der Waals surface area contributed by atoms with Crippen LogP contribution >= 0.6 is 0 Å². The SMILES string of the molecule is COc1cc2nccc(Oc3ccc4c(N)nn(C)c4c3)c2cc1C(N)=O. The first-order valence-electron chi connectivity index (χ1n) is 8.14. The van der Waals surface area contributed by atoms with Gasteiger partial charge in [-0.05, 0) is 24.3 Å². The van der Waals surface area contributed by atoms with Gasteiger partial charge in [-0.2, -0.15) is 5.10 Å². The number of carbonyl (C=O) groups excluding carboxylic acids is 1. The van der Waals surface area contributed by atoms with E-state index in [4.69, 9.17) is 20.9 Å². The Labute approximate surface area is 154 Å². The summed E-state index contributed by atoms with van der Waals surface area (Å²) in [4.78, 5) is 16.1. The minimum atomic E-state index is -0.588. The molecule has 0 aliphatic carbocycles. The van der Waals surface area contributed by atoms with Crippen LogP contribution in [0.4, 0.5) is 5.82 Å². The number of fused-ring (bicyclic) bond motifs is 2. The second-order valence-corrected chi connectivity index (χ2v) is 6.03. The van der Waals surface area contributed by atoms with Crippen LogP contribution in [0, 0.1) is 0 Å². The Kier molecular flexibility index (Phi) is 3.80. The second kappa shape index (κ2) is 6.17.